The molecule has 0 aliphatic carbocycles. The van der Waals surface area contributed by atoms with Gasteiger partial charge < -0.3 is 0 Å². The van der Waals surface area contributed by atoms with Crippen LogP contribution < -0.4 is 0 Å². The van der Waals surface area contributed by atoms with Crippen molar-refractivity contribution < 1.29 is 17.6 Å². The fraction of sp³-hybridized carbons (Fsp3) is 0.217. The molecule has 0 fully saturated rings. The van der Waals surface area contributed by atoms with Gasteiger partial charge in [0.15, 0.2) is 0 Å². The second-order valence-electron chi connectivity index (χ2n) is 12.7. The molecule has 0 unspecified atom stereocenters. The summed E-state index contributed by atoms with van der Waals surface area (Å²) in [6.45, 7) is 4.36. The lowest BCUT2D eigenvalue weighted by atomic mass is 9.97. The first-order chi connectivity index (χ1) is 24.4. The third-order valence-corrected chi connectivity index (χ3v) is 8.95. The van der Waals surface area contributed by atoms with Crippen LogP contribution in [-0.2, 0) is 12.8 Å². The Balaban J connectivity index is 0.000000194. The molecule has 6 rings (SSSR count). The molecule has 0 N–H and O–H groups in total. The SMILES string of the molecule is CCCCCc1ccc(-c2cc(F)c(-c3ccccc3)cc2F)cc1.CCCCCc1ccc(-c2cc(F)c(-c3ccccc3)cc2F)cc1. The molecule has 0 nitrogen and oxygen atoms in total. The van der Waals surface area contributed by atoms with Crippen molar-refractivity contribution in [1.82, 2.24) is 0 Å². The largest absolute Gasteiger partial charge is 0.206 e. The van der Waals surface area contributed by atoms with Gasteiger partial charge in [0.1, 0.15) is 23.3 Å². The predicted octanol–water partition coefficient (Wildman–Crippen LogP) is 14.1. The van der Waals surface area contributed by atoms with Crippen molar-refractivity contribution in [2.75, 3.05) is 0 Å². The van der Waals surface area contributed by atoms with Gasteiger partial charge in [-0.05, 0) is 83.3 Å². The van der Waals surface area contributed by atoms with Gasteiger partial charge >= 0.3 is 0 Å². The van der Waals surface area contributed by atoms with E-state index in [0.717, 1.165) is 25.7 Å². The van der Waals surface area contributed by atoms with Gasteiger partial charge in [-0.25, -0.2) is 17.6 Å². The van der Waals surface area contributed by atoms with E-state index in [9.17, 15) is 17.6 Å². The highest BCUT2D eigenvalue weighted by atomic mass is 19.1. The van der Waals surface area contributed by atoms with Crippen LogP contribution in [0.5, 0.6) is 0 Å². The number of hydrogen-bond donors (Lipinski definition) is 0. The van der Waals surface area contributed by atoms with Crippen LogP contribution in [0.3, 0.4) is 0 Å². The van der Waals surface area contributed by atoms with Crippen LogP contribution >= 0.6 is 0 Å². The van der Waals surface area contributed by atoms with Crippen molar-refractivity contribution in [3.05, 3.63) is 168 Å². The molecule has 0 saturated heterocycles. The van der Waals surface area contributed by atoms with Crippen LogP contribution in [-0.4, -0.2) is 0 Å². The van der Waals surface area contributed by atoms with Crippen molar-refractivity contribution in [2.24, 2.45) is 0 Å². The quantitative estimate of drug-likeness (QED) is 0.0897. The van der Waals surface area contributed by atoms with E-state index >= 15 is 0 Å². The Morgan fingerprint density at radius 1 is 0.340 bits per heavy atom. The molecule has 256 valence electrons. The van der Waals surface area contributed by atoms with Crippen molar-refractivity contribution >= 4 is 0 Å². The first-order valence-electron chi connectivity index (χ1n) is 17.7. The minimum absolute atomic E-state index is 0.290. The maximum atomic E-state index is 14.6. The molecule has 6 aromatic carbocycles. The van der Waals surface area contributed by atoms with Gasteiger partial charge in [-0.2, -0.15) is 0 Å². The van der Waals surface area contributed by atoms with Crippen molar-refractivity contribution in [2.45, 2.75) is 65.2 Å². The zero-order chi connectivity index (χ0) is 35.3. The highest BCUT2D eigenvalue weighted by Gasteiger charge is 2.14. The second-order valence-corrected chi connectivity index (χ2v) is 12.7. The average molecular weight is 673 g/mol. The standard InChI is InChI=1S/2C23H22F2/c2*1-2-3-5-8-17-11-13-19(14-12-17)21-16-22(24)20(15-23(21)25)18-9-6-4-7-10-18/h2*4,6-7,9-16H,2-3,5,8H2,1H3. The van der Waals surface area contributed by atoms with Crippen molar-refractivity contribution in [3.63, 3.8) is 0 Å². The summed E-state index contributed by atoms with van der Waals surface area (Å²) in [7, 11) is 0. The number of halogens is 4. The lowest BCUT2D eigenvalue weighted by molar-refractivity contribution is 0.606. The van der Waals surface area contributed by atoms with Gasteiger partial charge in [-0.3, -0.25) is 0 Å². The van der Waals surface area contributed by atoms with E-state index in [1.54, 1.807) is 24.3 Å². The summed E-state index contributed by atoms with van der Waals surface area (Å²) < 4.78 is 58.2. The molecule has 0 heterocycles. The Labute approximate surface area is 294 Å². The van der Waals surface area contributed by atoms with E-state index in [1.807, 2.05) is 84.9 Å². The molecule has 0 spiro atoms. The Bertz CT molecular complexity index is 1790. The van der Waals surface area contributed by atoms with Crippen molar-refractivity contribution in [3.8, 4) is 44.5 Å². The highest BCUT2D eigenvalue weighted by Crippen LogP contribution is 2.32. The molecular weight excluding hydrogens is 628 g/mol. The maximum absolute atomic E-state index is 14.6. The lowest BCUT2D eigenvalue weighted by Gasteiger charge is -2.10. The number of unbranched alkanes of at least 4 members (excludes halogenated alkanes) is 4. The van der Waals surface area contributed by atoms with Gasteiger partial charge in [0.05, 0.1) is 0 Å². The number of benzene rings is 6. The second kappa shape index (κ2) is 18.2. The Hall–Kier alpha value is -4.96. The van der Waals surface area contributed by atoms with Crippen LogP contribution in [0.1, 0.15) is 63.5 Å². The fourth-order valence-corrected chi connectivity index (χ4v) is 6.07. The molecule has 0 atom stereocenters. The zero-order valence-corrected chi connectivity index (χ0v) is 28.9. The van der Waals surface area contributed by atoms with Crippen LogP contribution in [0.15, 0.2) is 133 Å². The van der Waals surface area contributed by atoms with Crippen molar-refractivity contribution in [1.29, 1.82) is 0 Å². The lowest BCUT2D eigenvalue weighted by Crippen LogP contribution is -1.92. The van der Waals surface area contributed by atoms with E-state index in [-0.39, 0.29) is 11.1 Å². The van der Waals surface area contributed by atoms with Crippen LogP contribution in [0.4, 0.5) is 17.6 Å². The molecule has 6 aromatic rings. The smallest absolute Gasteiger partial charge is 0.131 e. The zero-order valence-electron chi connectivity index (χ0n) is 28.9. The summed E-state index contributed by atoms with van der Waals surface area (Å²) in [6.07, 6.45) is 9.17. The number of rotatable bonds is 12. The molecular formula is C46H44F4. The van der Waals surface area contributed by atoms with E-state index in [0.29, 0.717) is 33.4 Å². The highest BCUT2D eigenvalue weighted by molar-refractivity contribution is 5.73. The molecule has 4 heteroatoms. The van der Waals surface area contributed by atoms with E-state index in [4.69, 9.17) is 0 Å². The Morgan fingerprint density at radius 2 is 0.620 bits per heavy atom. The van der Waals surface area contributed by atoms with Gasteiger partial charge in [-0.15, -0.1) is 0 Å². The van der Waals surface area contributed by atoms with Gasteiger partial charge in [-0.1, -0.05) is 149 Å². The van der Waals surface area contributed by atoms with Crippen LogP contribution in [0.25, 0.3) is 44.5 Å². The summed E-state index contributed by atoms with van der Waals surface area (Å²) in [6, 6.07) is 38.8. The van der Waals surface area contributed by atoms with Gasteiger partial charge in [0.25, 0.3) is 0 Å². The topological polar surface area (TPSA) is 0 Å². The molecule has 0 saturated carbocycles. The monoisotopic (exact) mass is 672 g/mol. The molecule has 0 aliphatic heterocycles. The molecule has 0 aromatic heterocycles. The van der Waals surface area contributed by atoms with E-state index in [2.05, 4.69) is 13.8 Å². The number of aryl methyl sites for hydroxylation is 2. The Kier molecular flexibility index (Phi) is 13.2. The normalized spacial score (nSPS) is 10.8. The third kappa shape index (κ3) is 9.59. The van der Waals surface area contributed by atoms with E-state index in [1.165, 1.54) is 61.1 Å². The molecule has 0 bridgehead atoms. The molecule has 0 amide bonds. The molecule has 0 aliphatic rings. The van der Waals surface area contributed by atoms with Crippen LogP contribution in [0.2, 0.25) is 0 Å². The first kappa shape index (κ1) is 36.3. The summed E-state index contributed by atoms with van der Waals surface area (Å²) in [5.41, 5.74) is 6.42. The summed E-state index contributed by atoms with van der Waals surface area (Å²) in [5.74, 6) is -1.62. The molecule has 0 radical (unpaired) electrons. The minimum Gasteiger partial charge on any atom is -0.206 e. The Morgan fingerprint density at radius 3 is 0.900 bits per heavy atom. The number of hydrogen-bond acceptors (Lipinski definition) is 0. The van der Waals surface area contributed by atoms with Crippen LogP contribution in [0, 0.1) is 23.3 Å². The van der Waals surface area contributed by atoms with Gasteiger partial charge in [0, 0.05) is 22.3 Å². The fourth-order valence-electron chi connectivity index (χ4n) is 6.07. The summed E-state index contributed by atoms with van der Waals surface area (Å²) in [5, 5.41) is 0. The first-order valence-corrected chi connectivity index (χ1v) is 17.7. The summed E-state index contributed by atoms with van der Waals surface area (Å²) >= 11 is 0. The average Bonchev–Trinajstić information content (AvgIpc) is 3.15. The van der Waals surface area contributed by atoms with E-state index < -0.39 is 23.3 Å². The minimum atomic E-state index is -0.408. The van der Waals surface area contributed by atoms with Gasteiger partial charge in [0.2, 0.25) is 0 Å². The maximum Gasteiger partial charge on any atom is 0.131 e. The molecule has 50 heavy (non-hydrogen) atoms. The predicted molar refractivity (Wildman–Crippen MR) is 201 cm³/mol. The third-order valence-electron chi connectivity index (χ3n) is 8.95. The summed E-state index contributed by atoms with van der Waals surface area (Å²) in [4.78, 5) is 0.